The van der Waals surface area contributed by atoms with Crippen LogP contribution in [0.3, 0.4) is 0 Å². The smallest absolute Gasteiger partial charge is 0.475 e. The maximum absolute atomic E-state index is 12.7. The average Bonchev–Trinajstić information content (AvgIpc) is 2.96. The van der Waals surface area contributed by atoms with E-state index >= 15 is 0 Å². The van der Waals surface area contributed by atoms with E-state index in [2.05, 4.69) is 10.6 Å². The third kappa shape index (κ3) is 12.1. The number of carbonyl (C=O) groups is 3. The lowest BCUT2D eigenvalue weighted by Crippen LogP contribution is -2.38. The van der Waals surface area contributed by atoms with Crippen molar-refractivity contribution in [1.29, 1.82) is 0 Å². The number of aliphatic carboxylic acids is 1. The predicted molar refractivity (Wildman–Crippen MR) is 146 cm³/mol. The maximum Gasteiger partial charge on any atom is 0.490 e. The van der Waals surface area contributed by atoms with Gasteiger partial charge in [-0.25, -0.2) is 9.59 Å². The van der Waals surface area contributed by atoms with Gasteiger partial charge in [0.05, 0.1) is 17.4 Å². The van der Waals surface area contributed by atoms with E-state index in [1.165, 1.54) is 0 Å². The van der Waals surface area contributed by atoms with Gasteiger partial charge in [-0.2, -0.15) is 13.2 Å². The zero-order valence-electron chi connectivity index (χ0n) is 22.3. The molecule has 40 heavy (non-hydrogen) atoms. The highest BCUT2D eigenvalue weighted by Crippen LogP contribution is 2.23. The number of pyridine rings is 1. The number of hydrogen-bond donors (Lipinski definition) is 3. The lowest BCUT2D eigenvalue weighted by Gasteiger charge is -2.20. The molecule has 3 rings (SSSR count). The van der Waals surface area contributed by atoms with E-state index in [1.807, 2.05) is 85.8 Å². The first-order valence-electron chi connectivity index (χ1n) is 13.0. The molecule has 1 heterocycles. The lowest BCUT2D eigenvalue weighted by molar-refractivity contribution is -0.192. The van der Waals surface area contributed by atoms with Gasteiger partial charge in [-0.3, -0.25) is 9.78 Å². The van der Waals surface area contributed by atoms with Crippen LogP contribution in [0.4, 0.5) is 18.0 Å². The van der Waals surface area contributed by atoms with Gasteiger partial charge in [0, 0.05) is 24.9 Å². The molecule has 1 unspecified atom stereocenters. The number of amides is 2. The summed E-state index contributed by atoms with van der Waals surface area (Å²) in [4.78, 5) is 38.0. The Bertz CT molecular complexity index is 1210. The fourth-order valence-corrected chi connectivity index (χ4v) is 3.72. The SMILES string of the molecule is CCC(=O)CCCCCC(NC(=O)NCc1ccccc1)c1cccc(-c2ccccc2)n1.O=C(O)C(F)(F)F. The lowest BCUT2D eigenvalue weighted by atomic mass is 10.0. The molecular formula is C30H34F3N3O4. The first-order valence-corrected chi connectivity index (χ1v) is 13.0. The van der Waals surface area contributed by atoms with E-state index in [4.69, 9.17) is 14.9 Å². The zero-order chi connectivity index (χ0) is 29.4. The van der Waals surface area contributed by atoms with Crippen molar-refractivity contribution in [3.63, 3.8) is 0 Å². The van der Waals surface area contributed by atoms with Gasteiger partial charge in [0.25, 0.3) is 0 Å². The van der Waals surface area contributed by atoms with Crippen molar-refractivity contribution in [1.82, 2.24) is 15.6 Å². The second kappa shape index (κ2) is 16.7. The second-order valence-electron chi connectivity index (χ2n) is 8.97. The molecule has 0 fully saturated rings. The number of unbranched alkanes of at least 4 members (excludes halogenated alkanes) is 2. The Labute approximate surface area is 231 Å². The van der Waals surface area contributed by atoms with E-state index in [1.54, 1.807) is 0 Å². The molecule has 0 radical (unpaired) electrons. The van der Waals surface area contributed by atoms with Crippen molar-refractivity contribution < 1.29 is 32.7 Å². The molecule has 10 heteroatoms. The molecule has 1 atom stereocenters. The van der Waals surface area contributed by atoms with Gasteiger partial charge in [0.15, 0.2) is 0 Å². The number of carboxylic acids is 1. The zero-order valence-corrected chi connectivity index (χ0v) is 22.3. The monoisotopic (exact) mass is 557 g/mol. The molecule has 0 saturated heterocycles. The number of carboxylic acid groups (broad SMARTS) is 1. The van der Waals surface area contributed by atoms with E-state index in [0.29, 0.717) is 25.2 Å². The van der Waals surface area contributed by atoms with Gasteiger partial charge in [-0.1, -0.05) is 86.5 Å². The normalized spacial score (nSPS) is 11.5. The quantitative estimate of drug-likeness (QED) is 0.211. The molecule has 2 amide bonds. The summed E-state index contributed by atoms with van der Waals surface area (Å²) in [5.41, 5.74) is 3.83. The minimum Gasteiger partial charge on any atom is -0.475 e. The number of urea groups is 1. The maximum atomic E-state index is 12.7. The Hall–Kier alpha value is -4.21. The van der Waals surface area contributed by atoms with Crippen molar-refractivity contribution in [2.24, 2.45) is 0 Å². The summed E-state index contributed by atoms with van der Waals surface area (Å²) in [5.74, 6) is -2.45. The number of nitrogens with zero attached hydrogens (tertiary/aromatic N) is 1. The fraction of sp³-hybridized carbons (Fsp3) is 0.333. The highest BCUT2D eigenvalue weighted by atomic mass is 19.4. The number of ketones is 1. The van der Waals surface area contributed by atoms with Crippen LogP contribution < -0.4 is 10.6 Å². The summed E-state index contributed by atoms with van der Waals surface area (Å²) >= 11 is 0. The summed E-state index contributed by atoms with van der Waals surface area (Å²) < 4.78 is 31.7. The summed E-state index contributed by atoms with van der Waals surface area (Å²) in [6.07, 6.45) is -0.330. The fourth-order valence-electron chi connectivity index (χ4n) is 3.72. The standard InChI is InChI=1S/C28H33N3O2.C2HF3O2/c1-2-24(32)17-10-5-11-18-27(31-28(33)29-21-22-13-6-3-7-14-22)26-20-12-19-25(30-26)23-15-8-4-9-16-23;3-2(4,5)1(6)7/h3-4,6-9,12-16,19-20,27H,2,5,10-11,17-18,21H2,1H3,(H2,29,31,33);(H,6,7). The summed E-state index contributed by atoms with van der Waals surface area (Å²) in [7, 11) is 0. The summed E-state index contributed by atoms with van der Waals surface area (Å²) in [5, 5.41) is 13.2. The van der Waals surface area contributed by atoms with Crippen molar-refractivity contribution in [2.45, 2.75) is 64.2 Å². The Kier molecular flexibility index (Phi) is 13.4. The summed E-state index contributed by atoms with van der Waals surface area (Å²) in [6.45, 7) is 2.37. The van der Waals surface area contributed by atoms with Gasteiger partial charge in [0.2, 0.25) is 0 Å². The number of hydrogen-bond acceptors (Lipinski definition) is 4. The van der Waals surface area contributed by atoms with Gasteiger partial charge in [-0.15, -0.1) is 0 Å². The number of aromatic nitrogens is 1. The molecule has 3 N–H and O–H groups in total. The molecule has 1 aromatic heterocycles. The third-order valence-electron chi connectivity index (χ3n) is 5.88. The number of Topliss-reactive ketones (excluding diaryl/α,β-unsaturated/α-hetero) is 1. The van der Waals surface area contributed by atoms with E-state index < -0.39 is 12.1 Å². The van der Waals surface area contributed by atoms with Gasteiger partial charge >= 0.3 is 18.2 Å². The minimum absolute atomic E-state index is 0.202. The Morgan fingerprint density at radius 2 is 1.50 bits per heavy atom. The Morgan fingerprint density at radius 3 is 2.10 bits per heavy atom. The van der Waals surface area contributed by atoms with Crippen molar-refractivity contribution in [3.8, 4) is 11.3 Å². The number of halogens is 3. The van der Waals surface area contributed by atoms with Gasteiger partial charge < -0.3 is 15.7 Å². The van der Waals surface area contributed by atoms with Crippen LogP contribution in [0.5, 0.6) is 0 Å². The van der Waals surface area contributed by atoms with E-state index in [9.17, 15) is 22.8 Å². The van der Waals surface area contributed by atoms with Gasteiger partial charge in [0.1, 0.15) is 5.78 Å². The minimum atomic E-state index is -5.08. The van der Waals surface area contributed by atoms with Crippen LogP contribution in [0, 0.1) is 0 Å². The van der Waals surface area contributed by atoms with Crippen LogP contribution in [0.25, 0.3) is 11.3 Å². The topological polar surface area (TPSA) is 108 Å². The molecule has 0 bridgehead atoms. The number of carbonyl (C=O) groups excluding carboxylic acids is 2. The highest BCUT2D eigenvalue weighted by molar-refractivity contribution is 5.77. The van der Waals surface area contributed by atoms with Crippen LogP contribution in [-0.2, 0) is 16.1 Å². The summed E-state index contributed by atoms with van der Waals surface area (Å²) in [6, 6.07) is 25.4. The third-order valence-corrected chi connectivity index (χ3v) is 5.88. The van der Waals surface area contributed by atoms with Crippen LogP contribution >= 0.6 is 0 Å². The van der Waals surface area contributed by atoms with Crippen LogP contribution in [0.1, 0.15) is 62.7 Å². The van der Waals surface area contributed by atoms with E-state index in [0.717, 1.165) is 48.2 Å². The molecule has 0 aliphatic rings. The molecule has 0 aliphatic carbocycles. The predicted octanol–water partition coefficient (Wildman–Crippen LogP) is 6.85. The Morgan fingerprint density at radius 1 is 0.875 bits per heavy atom. The van der Waals surface area contributed by atoms with Crippen molar-refractivity contribution >= 4 is 17.8 Å². The first kappa shape index (κ1) is 32.0. The van der Waals surface area contributed by atoms with E-state index in [-0.39, 0.29) is 12.1 Å². The number of alkyl halides is 3. The molecular weight excluding hydrogens is 523 g/mol. The van der Waals surface area contributed by atoms with Gasteiger partial charge in [-0.05, 0) is 30.5 Å². The molecule has 7 nitrogen and oxygen atoms in total. The largest absolute Gasteiger partial charge is 0.490 e. The van der Waals surface area contributed by atoms with Crippen molar-refractivity contribution in [3.05, 3.63) is 90.1 Å². The Balaban J connectivity index is 0.000000708. The molecule has 0 spiro atoms. The molecule has 0 aliphatic heterocycles. The molecule has 2 aromatic carbocycles. The average molecular weight is 558 g/mol. The van der Waals surface area contributed by atoms with Crippen LogP contribution in [0.15, 0.2) is 78.9 Å². The molecule has 0 saturated carbocycles. The molecule has 3 aromatic rings. The number of nitrogens with one attached hydrogen (secondary N) is 2. The molecule has 214 valence electrons. The van der Waals surface area contributed by atoms with Crippen LogP contribution in [-0.4, -0.2) is 34.1 Å². The highest BCUT2D eigenvalue weighted by Gasteiger charge is 2.38. The van der Waals surface area contributed by atoms with Crippen molar-refractivity contribution in [2.75, 3.05) is 0 Å². The number of rotatable bonds is 12. The van der Waals surface area contributed by atoms with Crippen LogP contribution in [0.2, 0.25) is 0 Å². The number of benzene rings is 2. The first-order chi connectivity index (χ1) is 19.1. The second-order valence-corrected chi connectivity index (χ2v) is 8.97.